The first-order valence-corrected chi connectivity index (χ1v) is 8.99. The average molecular weight is 328 g/mol. The highest BCUT2D eigenvalue weighted by molar-refractivity contribution is 7.16. The molecule has 120 valence electrons. The van der Waals surface area contributed by atoms with E-state index < -0.39 is 0 Å². The lowest BCUT2D eigenvalue weighted by molar-refractivity contribution is 0.153. The van der Waals surface area contributed by atoms with Gasteiger partial charge < -0.3 is 9.73 Å². The molecule has 1 aliphatic heterocycles. The number of furan rings is 1. The molecule has 0 saturated carbocycles. The summed E-state index contributed by atoms with van der Waals surface area (Å²) >= 11 is 1.64. The average Bonchev–Trinajstić information content (AvgIpc) is 3.28. The van der Waals surface area contributed by atoms with Crippen LogP contribution in [0.1, 0.15) is 31.1 Å². The summed E-state index contributed by atoms with van der Waals surface area (Å²) < 4.78 is 5.70. The Morgan fingerprint density at radius 1 is 1.22 bits per heavy atom. The molecule has 3 aromatic rings. The highest BCUT2D eigenvalue weighted by atomic mass is 32.1. The third-order valence-electron chi connectivity index (χ3n) is 4.43. The molecule has 0 radical (unpaired) electrons. The van der Waals surface area contributed by atoms with E-state index in [1.165, 1.54) is 19.3 Å². The summed E-state index contributed by atoms with van der Waals surface area (Å²) in [5, 5.41) is 6.66. The molecule has 4 heterocycles. The molecule has 0 spiro atoms. The zero-order valence-corrected chi connectivity index (χ0v) is 13.8. The minimum atomic E-state index is 0.244. The van der Waals surface area contributed by atoms with Crippen molar-refractivity contribution in [3.63, 3.8) is 0 Å². The molecule has 23 heavy (non-hydrogen) atoms. The van der Waals surface area contributed by atoms with Gasteiger partial charge in [-0.05, 0) is 49.5 Å². The van der Waals surface area contributed by atoms with Crippen LogP contribution in [0, 0.1) is 0 Å². The molecule has 6 heteroatoms. The smallest absolute Gasteiger partial charge is 0.138 e. The maximum absolute atomic E-state index is 5.70. The molecule has 0 amide bonds. The fourth-order valence-corrected chi connectivity index (χ4v) is 3.98. The van der Waals surface area contributed by atoms with Crippen LogP contribution in [-0.2, 0) is 0 Å². The lowest BCUT2D eigenvalue weighted by atomic mass is 10.1. The monoisotopic (exact) mass is 328 g/mol. The van der Waals surface area contributed by atoms with Crippen molar-refractivity contribution in [1.82, 2.24) is 14.9 Å². The topological polar surface area (TPSA) is 54.2 Å². The summed E-state index contributed by atoms with van der Waals surface area (Å²) in [7, 11) is 0. The second-order valence-corrected chi connectivity index (χ2v) is 6.77. The lowest BCUT2D eigenvalue weighted by Crippen LogP contribution is -2.37. The minimum Gasteiger partial charge on any atom is -0.468 e. The highest BCUT2D eigenvalue weighted by Gasteiger charge is 2.24. The van der Waals surface area contributed by atoms with Crippen LogP contribution in [0.2, 0.25) is 0 Å². The van der Waals surface area contributed by atoms with Crippen molar-refractivity contribution in [2.24, 2.45) is 0 Å². The molecule has 4 rings (SSSR count). The van der Waals surface area contributed by atoms with Crippen molar-refractivity contribution in [3.05, 3.63) is 41.9 Å². The molecule has 1 saturated heterocycles. The van der Waals surface area contributed by atoms with Crippen LogP contribution in [-0.4, -0.2) is 34.5 Å². The molecule has 1 N–H and O–H groups in total. The molecule has 1 aliphatic rings. The van der Waals surface area contributed by atoms with Gasteiger partial charge in [0.2, 0.25) is 0 Å². The van der Waals surface area contributed by atoms with Crippen molar-refractivity contribution < 1.29 is 4.42 Å². The standard InChI is InChI=1S/C17H20N4OS/c1-2-7-21(8-3-1)14(15-5-4-9-22-15)11-18-16-13-6-10-23-17(13)20-12-19-16/h4-6,9-10,12,14H,1-3,7-8,11H2,(H,18,19,20)/t14-/m1/s1. The summed E-state index contributed by atoms with van der Waals surface area (Å²) in [6.45, 7) is 3.05. The molecule has 0 aromatic carbocycles. The van der Waals surface area contributed by atoms with E-state index in [1.807, 2.05) is 6.07 Å². The first-order chi connectivity index (χ1) is 11.4. The molecule has 1 fully saturated rings. The van der Waals surface area contributed by atoms with Crippen molar-refractivity contribution in [1.29, 1.82) is 0 Å². The third-order valence-corrected chi connectivity index (χ3v) is 5.25. The maximum Gasteiger partial charge on any atom is 0.138 e. The van der Waals surface area contributed by atoms with Gasteiger partial charge in [0.1, 0.15) is 22.7 Å². The predicted octanol–water partition coefficient (Wildman–Crippen LogP) is 3.92. The summed E-state index contributed by atoms with van der Waals surface area (Å²) in [5.74, 6) is 1.93. The number of rotatable bonds is 5. The zero-order chi connectivity index (χ0) is 15.5. The van der Waals surface area contributed by atoms with E-state index >= 15 is 0 Å². The first-order valence-electron chi connectivity index (χ1n) is 8.11. The summed E-state index contributed by atoms with van der Waals surface area (Å²) in [6.07, 6.45) is 7.24. The number of hydrogen-bond acceptors (Lipinski definition) is 6. The van der Waals surface area contributed by atoms with Gasteiger partial charge in [0.05, 0.1) is 17.7 Å². The Labute approximate surface area is 139 Å². The van der Waals surface area contributed by atoms with Crippen molar-refractivity contribution in [2.75, 3.05) is 25.0 Å². The molecule has 1 atom stereocenters. The van der Waals surface area contributed by atoms with E-state index in [0.29, 0.717) is 0 Å². The van der Waals surface area contributed by atoms with Crippen molar-refractivity contribution in [2.45, 2.75) is 25.3 Å². The Bertz CT molecular complexity index is 749. The number of aromatic nitrogens is 2. The van der Waals surface area contributed by atoms with Crippen LogP contribution >= 0.6 is 11.3 Å². The van der Waals surface area contributed by atoms with Gasteiger partial charge in [-0.2, -0.15) is 0 Å². The number of thiophene rings is 1. The summed E-state index contributed by atoms with van der Waals surface area (Å²) in [4.78, 5) is 12.3. The number of nitrogens with one attached hydrogen (secondary N) is 1. The van der Waals surface area contributed by atoms with Gasteiger partial charge in [0.15, 0.2) is 0 Å². The number of piperidine rings is 1. The third kappa shape index (κ3) is 3.09. The quantitative estimate of drug-likeness (QED) is 0.769. The fourth-order valence-electron chi connectivity index (χ4n) is 3.24. The Balaban J connectivity index is 1.54. The number of anilines is 1. The molecule has 5 nitrogen and oxygen atoms in total. The molecule has 3 aromatic heterocycles. The van der Waals surface area contributed by atoms with Crippen molar-refractivity contribution in [3.8, 4) is 0 Å². The van der Waals surface area contributed by atoms with E-state index in [4.69, 9.17) is 4.42 Å². The summed E-state index contributed by atoms with van der Waals surface area (Å²) in [5.41, 5.74) is 0. The largest absolute Gasteiger partial charge is 0.468 e. The van der Waals surface area contributed by atoms with E-state index in [-0.39, 0.29) is 6.04 Å². The van der Waals surface area contributed by atoms with Crippen molar-refractivity contribution >= 4 is 27.4 Å². The van der Waals surface area contributed by atoms with Crippen LogP contribution in [0.5, 0.6) is 0 Å². The normalized spacial score (nSPS) is 17.4. The van der Waals surface area contributed by atoms with Gasteiger partial charge in [-0.15, -0.1) is 11.3 Å². The second kappa shape index (κ2) is 6.68. The van der Waals surface area contributed by atoms with Gasteiger partial charge in [-0.3, -0.25) is 4.90 Å². The lowest BCUT2D eigenvalue weighted by Gasteiger charge is -2.33. The number of fused-ring (bicyclic) bond motifs is 1. The molecule has 0 aliphatic carbocycles. The summed E-state index contributed by atoms with van der Waals surface area (Å²) in [6, 6.07) is 6.36. The SMILES string of the molecule is c1coc([C@@H](CNc2ncnc3sccc23)N2CCCCC2)c1. The molecular weight excluding hydrogens is 308 g/mol. The Hall–Kier alpha value is -1.92. The van der Waals surface area contributed by atoms with Gasteiger partial charge in [0.25, 0.3) is 0 Å². The molecule has 0 unspecified atom stereocenters. The second-order valence-electron chi connectivity index (χ2n) is 5.87. The Morgan fingerprint density at radius 2 is 2.13 bits per heavy atom. The molecule has 0 bridgehead atoms. The maximum atomic E-state index is 5.70. The van der Waals surface area contributed by atoms with Crippen LogP contribution in [0.25, 0.3) is 10.2 Å². The van der Waals surface area contributed by atoms with E-state index in [1.54, 1.807) is 23.9 Å². The minimum absolute atomic E-state index is 0.244. The van der Waals surface area contributed by atoms with Gasteiger partial charge in [-0.1, -0.05) is 6.42 Å². The first kappa shape index (κ1) is 14.7. The van der Waals surface area contributed by atoms with Gasteiger partial charge in [-0.25, -0.2) is 9.97 Å². The van der Waals surface area contributed by atoms with Crippen LogP contribution in [0.15, 0.2) is 40.6 Å². The van der Waals surface area contributed by atoms with Gasteiger partial charge >= 0.3 is 0 Å². The Morgan fingerprint density at radius 3 is 2.96 bits per heavy atom. The Kier molecular flexibility index (Phi) is 4.26. The van der Waals surface area contributed by atoms with E-state index in [0.717, 1.165) is 41.4 Å². The van der Waals surface area contributed by atoms with Crippen LogP contribution < -0.4 is 5.32 Å². The zero-order valence-electron chi connectivity index (χ0n) is 12.9. The van der Waals surface area contributed by atoms with Crippen LogP contribution in [0.4, 0.5) is 5.82 Å². The fraction of sp³-hybridized carbons (Fsp3) is 0.412. The van der Waals surface area contributed by atoms with Gasteiger partial charge in [0, 0.05) is 6.54 Å². The predicted molar refractivity (Wildman–Crippen MR) is 92.8 cm³/mol. The highest BCUT2D eigenvalue weighted by Crippen LogP contribution is 2.28. The van der Waals surface area contributed by atoms with E-state index in [2.05, 4.69) is 37.7 Å². The number of nitrogens with zero attached hydrogens (tertiary/aromatic N) is 3. The van der Waals surface area contributed by atoms with E-state index in [9.17, 15) is 0 Å². The van der Waals surface area contributed by atoms with Crippen LogP contribution in [0.3, 0.4) is 0 Å². The number of hydrogen-bond donors (Lipinski definition) is 1. The molecular formula is C17H20N4OS. The number of likely N-dealkylation sites (tertiary alicyclic amines) is 1.